The van der Waals surface area contributed by atoms with Crippen LogP contribution in [-0.4, -0.2) is 27.7 Å². The van der Waals surface area contributed by atoms with Crippen LogP contribution in [0, 0.1) is 11.3 Å². The molecule has 0 aromatic carbocycles. The highest BCUT2D eigenvalue weighted by Gasteiger charge is 2.41. The van der Waals surface area contributed by atoms with Gasteiger partial charge in [-0.2, -0.15) is 13.2 Å². The number of nitrogens with two attached hydrogens (primary N) is 1. The van der Waals surface area contributed by atoms with E-state index < -0.39 is 17.9 Å². The number of nitrogens with one attached hydrogen (secondary N) is 1. The van der Waals surface area contributed by atoms with Crippen LogP contribution in [0.2, 0.25) is 0 Å². The molecular formula is C8H9F3N4S. The lowest BCUT2D eigenvalue weighted by molar-refractivity contribution is -0.149. The SMILES string of the molecule is N=C(N)C(CSc1ccncn1)C(F)(F)F. The van der Waals surface area contributed by atoms with Gasteiger partial charge >= 0.3 is 6.18 Å². The molecule has 0 aliphatic heterocycles. The number of nitrogens with zero attached hydrogens (tertiary/aromatic N) is 2. The Kier molecular flexibility index (Phi) is 4.11. The van der Waals surface area contributed by atoms with Crippen molar-refractivity contribution >= 4 is 17.6 Å². The molecule has 0 fully saturated rings. The molecule has 0 saturated carbocycles. The van der Waals surface area contributed by atoms with Gasteiger partial charge < -0.3 is 5.73 Å². The number of alkyl halides is 3. The number of hydrogen-bond acceptors (Lipinski definition) is 4. The van der Waals surface area contributed by atoms with E-state index in [1.165, 1.54) is 18.6 Å². The van der Waals surface area contributed by atoms with Crippen LogP contribution in [0.15, 0.2) is 23.6 Å². The zero-order chi connectivity index (χ0) is 12.2. The van der Waals surface area contributed by atoms with Gasteiger partial charge in [0.05, 0.1) is 5.03 Å². The van der Waals surface area contributed by atoms with Crippen LogP contribution in [0.5, 0.6) is 0 Å². The Morgan fingerprint density at radius 1 is 1.56 bits per heavy atom. The molecule has 1 rings (SSSR count). The fourth-order valence-electron chi connectivity index (χ4n) is 0.893. The van der Waals surface area contributed by atoms with Crippen molar-refractivity contribution in [2.75, 3.05) is 5.75 Å². The van der Waals surface area contributed by atoms with Crippen molar-refractivity contribution in [1.29, 1.82) is 5.41 Å². The van der Waals surface area contributed by atoms with Crippen molar-refractivity contribution in [3.63, 3.8) is 0 Å². The zero-order valence-electron chi connectivity index (χ0n) is 8.03. The third-order valence-corrected chi connectivity index (χ3v) is 2.76. The van der Waals surface area contributed by atoms with Gasteiger partial charge in [-0.05, 0) is 6.07 Å². The lowest BCUT2D eigenvalue weighted by atomic mass is 10.1. The van der Waals surface area contributed by atoms with Crippen LogP contribution < -0.4 is 5.73 Å². The molecule has 16 heavy (non-hydrogen) atoms. The Morgan fingerprint density at radius 2 is 2.25 bits per heavy atom. The maximum absolute atomic E-state index is 12.4. The molecule has 1 heterocycles. The van der Waals surface area contributed by atoms with Gasteiger partial charge in [0.2, 0.25) is 0 Å². The predicted molar refractivity (Wildman–Crippen MR) is 54.2 cm³/mol. The number of rotatable bonds is 4. The highest BCUT2D eigenvalue weighted by Crippen LogP contribution is 2.30. The fraction of sp³-hybridized carbons (Fsp3) is 0.375. The summed E-state index contributed by atoms with van der Waals surface area (Å²) in [6.45, 7) is 0. The molecule has 0 saturated heterocycles. The van der Waals surface area contributed by atoms with Crippen molar-refractivity contribution in [1.82, 2.24) is 9.97 Å². The second kappa shape index (κ2) is 5.15. The molecule has 88 valence electrons. The summed E-state index contributed by atoms with van der Waals surface area (Å²) in [5.74, 6) is -3.17. The molecule has 0 radical (unpaired) electrons. The molecule has 8 heteroatoms. The quantitative estimate of drug-likeness (QED) is 0.369. The normalized spacial score (nSPS) is 13.4. The molecule has 1 aromatic rings. The van der Waals surface area contributed by atoms with Crippen molar-refractivity contribution < 1.29 is 13.2 Å². The van der Waals surface area contributed by atoms with Gasteiger partial charge in [-0.15, -0.1) is 11.8 Å². The standard InChI is InChI=1S/C8H9F3N4S/c9-8(10,11)5(7(12)13)3-16-6-1-2-14-4-15-6/h1-2,4-5H,3H2,(H3,12,13). The first kappa shape index (κ1) is 12.8. The van der Waals surface area contributed by atoms with Crippen molar-refractivity contribution in [2.45, 2.75) is 11.2 Å². The minimum Gasteiger partial charge on any atom is -0.387 e. The number of thioether (sulfide) groups is 1. The molecule has 3 N–H and O–H groups in total. The number of hydrogen-bond donors (Lipinski definition) is 2. The molecule has 0 bridgehead atoms. The summed E-state index contributed by atoms with van der Waals surface area (Å²) in [4.78, 5) is 7.41. The Labute approximate surface area is 94.0 Å². The summed E-state index contributed by atoms with van der Waals surface area (Å²) in [5, 5.41) is 7.31. The Hall–Kier alpha value is -1.31. The van der Waals surface area contributed by atoms with Crippen molar-refractivity contribution in [3.05, 3.63) is 18.6 Å². The molecular weight excluding hydrogens is 241 g/mol. The maximum Gasteiger partial charge on any atom is 0.399 e. The largest absolute Gasteiger partial charge is 0.399 e. The third-order valence-electron chi connectivity index (χ3n) is 1.72. The minimum absolute atomic E-state index is 0.351. The van der Waals surface area contributed by atoms with E-state index in [0.717, 1.165) is 11.8 Å². The van der Waals surface area contributed by atoms with Crippen LogP contribution in [0.25, 0.3) is 0 Å². The van der Waals surface area contributed by atoms with Crippen LogP contribution in [0.4, 0.5) is 13.2 Å². The molecule has 0 spiro atoms. The fourth-order valence-corrected chi connectivity index (χ4v) is 1.88. The van der Waals surface area contributed by atoms with Gasteiger partial charge in [-0.25, -0.2) is 9.97 Å². The van der Waals surface area contributed by atoms with E-state index in [-0.39, 0.29) is 5.75 Å². The van der Waals surface area contributed by atoms with Gasteiger partial charge in [-0.3, -0.25) is 5.41 Å². The molecule has 4 nitrogen and oxygen atoms in total. The van der Waals surface area contributed by atoms with E-state index in [9.17, 15) is 13.2 Å². The summed E-state index contributed by atoms with van der Waals surface area (Å²) in [6, 6.07) is 1.50. The highest BCUT2D eigenvalue weighted by atomic mass is 32.2. The molecule has 0 aliphatic carbocycles. The lowest BCUT2D eigenvalue weighted by Crippen LogP contribution is -2.36. The maximum atomic E-state index is 12.4. The Balaban J connectivity index is 2.62. The highest BCUT2D eigenvalue weighted by molar-refractivity contribution is 7.99. The molecule has 0 amide bonds. The third kappa shape index (κ3) is 3.69. The van der Waals surface area contributed by atoms with Crippen molar-refractivity contribution in [2.24, 2.45) is 11.7 Å². The van der Waals surface area contributed by atoms with Gasteiger partial charge in [-0.1, -0.05) is 0 Å². The van der Waals surface area contributed by atoms with E-state index >= 15 is 0 Å². The second-order valence-electron chi connectivity index (χ2n) is 2.91. The van der Waals surface area contributed by atoms with E-state index in [2.05, 4.69) is 9.97 Å². The van der Waals surface area contributed by atoms with Gasteiger partial charge in [0, 0.05) is 11.9 Å². The van der Waals surface area contributed by atoms with E-state index in [0.29, 0.717) is 5.03 Å². The van der Waals surface area contributed by atoms with Crippen LogP contribution in [0.3, 0.4) is 0 Å². The lowest BCUT2D eigenvalue weighted by Gasteiger charge is -2.17. The van der Waals surface area contributed by atoms with Crippen molar-refractivity contribution in [3.8, 4) is 0 Å². The summed E-state index contributed by atoms with van der Waals surface area (Å²) >= 11 is 0.892. The Bertz CT molecular complexity index is 354. The minimum atomic E-state index is -4.49. The summed E-state index contributed by atoms with van der Waals surface area (Å²) in [5.41, 5.74) is 4.90. The summed E-state index contributed by atoms with van der Waals surface area (Å²) < 4.78 is 37.2. The average Bonchev–Trinajstić information content (AvgIpc) is 2.17. The number of amidine groups is 1. The number of halogens is 3. The average molecular weight is 250 g/mol. The van der Waals surface area contributed by atoms with Crippen LogP contribution in [-0.2, 0) is 0 Å². The predicted octanol–water partition coefficient (Wildman–Crippen LogP) is 1.68. The molecule has 0 aliphatic rings. The topological polar surface area (TPSA) is 75.7 Å². The van der Waals surface area contributed by atoms with Crippen LogP contribution >= 0.6 is 11.8 Å². The van der Waals surface area contributed by atoms with Gasteiger partial charge in [0.25, 0.3) is 0 Å². The zero-order valence-corrected chi connectivity index (χ0v) is 8.85. The Morgan fingerprint density at radius 3 is 2.69 bits per heavy atom. The second-order valence-corrected chi connectivity index (χ2v) is 3.95. The van der Waals surface area contributed by atoms with Crippen LogP contribution in [0.1, 0.15) is 0 Å². The summed E-state index contributed by atoms with van der Waals surface area (Å²) in [7, 11) is 0. The van der Waals surface area contributed by atoms with E-state index in [4.69, 9.17) is 11.1 Å². The molecule has 1 unspecified atom stereocenters. The first-order chi connectivity index (χ1) is 7.41. The first-order valence-electron chi connectivity index (χ1n) is 4.20. The van der Waals surface area contributed by atoms with Gasteiger partial charge in [0.1, 0.15) is 18.1 Å². The molecule has 1 atom stereocenters. The smallest absolute Gasteiger partial charge is 0.387 e. The number of aromatic nitrogens is 2. The first-order valence-corrected chi connectivity index (χ1v) is 5.19. The molecule has 1 aromatic heterocycles. The van der Waals surface area contributed by atoms with E-state index in [1.807, 2.05) is 0 Å². The summed E-state index contributed by atoms with van der Waals surface area (Å²) in [6.07, 6.45) is -1.81. The van der Waals surface area contributed by atoms with Gasteiger partial charge in [0.15, 0.2) is 0 Å². The van der Waals surface area contributed by atoms with E-state index in [1.54, 1.807) is 0 Å². The monoisotopic (exact) mass is 250 g/mol.